The molecule has 1 aromatic carbocycles. The minimum atomic E-state index is -1.10. The average Bonchev–Trinajstić information content (AvgIpc) is 2.32. The molecule has 0 heterocycles. The normalized spacial score (nSPS) is 9.65. The van der Waals surface area contributed by atoms with Gasteiger partial charge in [-0.05, 0) is 18.4 Å². The number of hydrogen-bond acceptors (Lipinski definition) is 3. The van der Waals surface area contributed by atoms with Gasteiger partial charge in [0.25, 0.3) is 0 Å². The third-order valence-electron chi connectivity index (χ3n) is 2.23. The second kappa shape index (κ2) is 11.3. The van der Waals surface area contributed by atoms with Crippen molar-refractivity contribution in [1.82, 2.24) is 0 Å². The minimum Gasteiger partial charge on any atom is -0.368 e. The highest BCUT2D eigenvalue weighted by Gasteiger charge is 1.93. The predicted octanol–water partition coefficient (Wildman–Crippen LogP) is 2.31. The standard InChI is InChI=1S/C8H8O.C6H14O2/c9-7-6-8-4-2-1-3-5-8;1-2-3-4-5-6(7)8/h1-5,7H,6H2;6-8H,2-5H2,1H3. The van der Waals surface area contributed by atoms with Gasteiger partial charge in [-0.15, -0.1) is 0 Å². The molecule has 0 bridgehead atoms. The largest absolute Gasteiger partial charge is 0.368 e. The van der Waals surface area contributed by atoms with E-state index < -0.39 is 6.29 Å². The summed E-state index contributed by atoms with van der Waals surface area (Å²) >= 11 is 0. The lowest BCUT2D eigenvalue weighted by molar-refractivity contribution is -0.107. The van der Waals surface area contributed by atoms with Crippen LogP contribution in [0.3, 0.4) is 0 Å². The first kappa shape index (κ1) is 15.8. The van der Waals surface area contributed by atoms with Crippen LogP contribution in [0.25, 0.3) is 0 Å². The second-order valence-electron chi connectivity index (χ2n) is 3.83. The summed E-state index contributed by atoms with van der Waals surface area (Å²) in [6.45, 7) is 2.09. The molecule has 0 atom stereocenters. The quantitative estimate of drug-likeness (QED) is 0.454. The van der Waals surface area contributed by atoms with Crippen LogP contribution < -0.4 is 0 Å². The molecule has 0 aliphatic heterocycles. The molecule has 0 radical (unpaired) electrons. The highest BCUT2D eigenvalue weighted by Crippen LogP contribution is 2.00. The highest BCUT2D eigenvalue weighted by atomic mass is 16.5. The van der Waals surface area contributed by atoms with Crippen molar-refractivity contribution in [2.75, 3.05) is 0 Å². The van der Waals surface area contributed by atoms with Crippen LogP contribution in [-0.4, -0.2) is 22.8 Å². The number of carbonyl (C=O) groups is 1. The molecule has 96 valence electrons. The molecule has 2 N–H and O–H groups in total. The van der Waals surface area contributed by atoms with E-state index in [4.69, 9.17) is 10.2 Å². The van der Waals surface area contributed by atoms with Crippen molar-refractivity contribution in [2.45, 2.75) is 45.3 Å². The molecule has 0 aliphatic carbocycles. The van der Waals surface area contributed by atoms with E-state index >= 15 is 0 Å². The van der Waals surface area contributed by atoms with Crippen molar-refractivity contribution in [1.29, 1.82) is 0 Å². The van der Waals surface area contributed by atoms with Crippen molar-refractivity contribution in [3.63, 3.8) is 0 Å². The summed E-state index contributed by atoms with van der Waals surface area (Å²) < 4.78 is 0. The van der Waals surface area contributed by atoms with E-state index in [1.165, 1.54) is 0 Å². The van der Waals surface area contributed by atoms with E-state index in [1.54, 1.807) is 0 Å². The number of rotatable bonds is 6. The Kier molecular flexibility index (Phi) is 10.5. The van der Waals surface area contributed by atoms with Crippen LogP contribution in [0, 0.1) is 0 Å². The molecule has 1 aromatic rings. The monoisotopic (exact) mass is 238 g/mol. The molecule has 0 aromatic heterocycles. The number of benzene rings is 1. The topological polar surface area (TPSA) is 57.5 Å². The zero-order valence-corrected chi connectivity index (χ0v) is 10.4. The molecule has 0 unspecified atom stereocenters. The number of aliphatic hydroxyl groups excluding tert-OH is 1. The molecule has 0 spiro atoms. The molecule has 1 rings (SSSR count). The van der Waals surface area contributed by atoms with Crippen LogP contribution in [-0.2, 0) is 11.2 Å². The van der Waals surface area contributed by atoms with Gasteiger partial charge in [-0.3, -0.25) is 0 Å². The van der Waals surface area contributed by atoms with E-state index in [0.717, 1.165) is 31.1 Å². The Morgan fingerprint density at radius 1 is 1.18 bits per heavy atom. The highest BCUT2D eigenvalue weighted by molar-refractivity contribution is 5.54. The Hall–Kier alpha value is -1.19. The van der Waals surface area contributed by atoms with Crippen LogP contribution in [0.4, 0.5) is 0 Å². The fraction of sp³-hybridized carbons (Fsp3) is 0.500. The number of unbranched alkanes of at least 4 members (excludes halogenated alkanes) is 2. The van der Waals surface area contributed by atoms with Crippen molar-refractivity contribution >= 4 is 6.29 Å². The van der Waals surface area contributed by atoms with E-state index in [0.29, 0.717) is 12.8 Å². The Bertz CT molecular complexity index is 270. The van der Waals surface area contributed by atoms with Gasteiger partial charge in [0.2, 0.25) is 0 Å². The molecule has 3 heteroatoms. The zero-order chi connectivity index (χ0) is 12.9. The van der Waals surface area contributed by atoms with Crippen molar-refractivity contribution in [3.05, 3.63) is 35.9 Å². The van der Waals surface area contributed by atoms with Gasteiger partial charge in [0.15, 0.2) is 6.29 Å². The summed E-state index contributed by atoms with van der Waals surface area (Å²) in [5.41, 5.74) is 1.08. The van der Waals surface area contributed by atoms with Gasteiger partial charge < -0.3 is 15.0 Å². The summed E-state index contributed by atoms with van der Waals surface area (Å²) in [4.78, 5) is 9.97. The molecule has 0 amide bonds. The molecule has 0 fully saturated rings. The van der Waals surface area contributed by atoms with E-state index in [1.807, 2.05) is 30.3 Å². The fourth-order valence-corrected chi connectivity index (χ4v) is 1.29. The van der Waals surface area contributed by atoms with Crippen LogP contribution in [0.1, 0.15) is 38.2 Å². The zero-order valence-electron chi connectivity index (χ0n) is 10.4. The molecule has 0 aliphatic rings. The van der Waals surface area contributed by atoms with Gasteiger partial charge in [0.1, 0.15) is 6.29 Å². The Morgan fingerprint density at radius 2 is 1.82 bits per heavy atom. The smallest absolute Gasteiger partial charge is 0.151 e. The van der Waals surface area contributed by atoms with Gasteiger partial charge in [-0.2, -0.15) is 0 Å². The van der Waals surface area contributed by atoms with E-state index in [-0.39, 0.29) is 0 Å². The van der Waals surface area contributed by atoms with Crippen LogP contribution >= 0.6 is 0 Å². The van der Waals surface area contributed by atoms with Crippen molar-refractivity contribution in [2.24, 2.45) is 0 Å². The lowest BCUT2D eigenvalue weighted by Gasteiger charge is -1.99. The minimum absolute atomic E-state index is 0.522. The molecule has 17 heavy (non-hydrogen) atoms. The third-order valence-corrected chi connectivity index (χ3v) is 2.23. The third kappa shape index (κ3) is 11.1. The van der Waals surface area contributed by atoms with E-state index in [2.05, 4.69) is 6.92 Å². The summed E-state index contributed by atoms with van der Waals surface area (Å²) in [5, 5.41) is 16.7. The molecular formula is C14H22O3. The first-order valence-corrected chi connectivity index (χ1v) is 6.04. The van der Waals surface area contributed by atoms with Crippen molar-refractivity contribution < 1.29 is 15.0 Å². The first-order valence-electron chi connectivity index (χ1n) is 6.04. The van der Waals surface area contributed by atoms with E-state index in [9.17, 15) is 4.79 Å². The molecule has 0 saturated heterocycles. The predicted molar refractivity (Wildman–Crippen MR) is 68.6 cm³/mol. The summed E-state index contributed by atoms with van der Waals surface area (Å²) in [7, 11) is 0. The first-order chi connectivity index (χ1) is 8.20. The Balaban J connectivity index is 0.000000304. The number of aldehydes is 1. The second-order valence-corrected chi connectivity index (χ2v) is 3.83. The van der Waals surface area contributed by atoms with Crippen LogP contribution in [0.2, 0.25) is 0 Å². The Labute approximate surface area is 103 Å². The number of hydrogen-bond donors (Lipinski definition) is 2. The number of carbonyl (C=O) groups excluding carboxylic acids is 1. The molecule has 0 saturated carbocycles. The Morgan fingerprint density at radius 3 is 2.29 bits per heavy atom. The average molecular weight is 238 g/mol. The maximum atomic E-state index is 9.97. The van der Waals surface area contributed by atoms with Crippen LogP contribution in [0.5, 0.6) is 0 Å². The summed E-state index contributed by atoms with van der Waals surface area (Å²) in [6, 6.07) is 9.68. The van der Waals surface area contributed by atoms with Crippen LogP contribution in [0.15, 0.2) is 30.3 Å². The van der Waals surface area contributed by atoms with Gasteiger partial charge in [0, 0.05) is 6.42 Å². The fourth-order valence-electron chi connectivity index (χ4n) is 1.29. The summed E-state index contributed by atoms with van der Waals surface area (Å²) in [6.07, 6.45) is 4.02. The maximum Gasteiger partial charge on any atom is 0.151 e. The van der Waals surface area contributed by atoms with Gasteiger partial charge in [-0.1, -0.05) is 50.1 Å². The maximum absolute atomic E-state index is 9.97. The SMILES string of the molecule is CCCCCC(O)O.O=CCc1ccccc1. The lowest BCUT2D eigenvalue weighted by Crippen LogP contribution is -2.02. The van der Waals surface area contributed by atoms with Gasteiger partial charge in [0.05, 0.1) is 0 Å². The number of aliphatic hydroxyl groups is 2. The van der Waals surface area contributed by atoms with Gasteiger partial charge in [-0.25, -0.2) is 0 Å². The lowest BCUT2D eigenvalue weighted by atomic mass is 10.2. The molecule has 3 nitrogen and oxygen atoms in total. The van der Waals surface area contributed by atoms with Gasteiger partial charge >= 0.3 is 0 Å². The van der Waals surface area contributed by atoms with Crippen molar-refractivity contribution in [3.8, 4) is 0 Å². The summed E-state index contributed by atoms with van der Waals surface area (Å²) in [5.74, 6) is 0. The molecular weight excluding hydrogens is 216 g/mol.